The van der Waals surface area contributed by atoms with Gasteiger partial charge in [-0.05, 0) is 73.9 Å². The van der Waals surface area contributed by atoms with Gasteiger partial charge in [0.1, 0.15) is 5.82 Å². The van der Waals surface area contributed by atoms with Crippen LogP contribution < -0.4 is 0 Å². The fraction of sp³-hybridized carbons (Fsp3) is 0.522. The Hall–Kier alpha value is -1.99. The van der Waals surface area contributed by atoms with Crippen LogP contribution in [0.15, 0.2) is 41.6 Å². The zero-order chi connectivity index (χ0) is 21.1. The molecule has 2 heterocycles. The number of rotatable bonds is 9. The van der Waals surface area contributed by atoms with E-state index in [1.807, 2.05) is 29.8 Å². The Labute approximate surface area is 182 Å². The second-order valence-corrected chi connectivity index (χ2v) is 9.55. The lowest BCUT2D eigenvalue weighted by Crippen LogP contribution is -2.23. The predicted octanol–water partition coefficient (Wildman–Crippen LogP) is 4.65. The van der Waals surface area contributed by atoms with Crippen LogP contribution in [0, 0.1) is 16.6 Å². The summed E-state index contributed by atoms with van der Waals surface area (Å²) < 4.78 is 15.1. The largest absolute Gasteiger partial charge is 0.304 e. The summed E-state index contributed by atoms with van der Waals surface area (Å²) in [6.07, 6.45) is 8.26. The second kappa shape index (κ2) is 9.02. The molecule has 2 aliphatic rings. The predicted molar refractivity (Wildman–Crippen MR) is 120 cm³/mol. The van der Waals surface area contributed by atoms with Crippen LogP contribution in [0.5, 0.6) is 0 Å². The molecule has 2 fully saturated rings. The SMILES string of the molecule is CC/C=C\C(=N)c1nnc(SCCCN2CCC3(CC3c3ccc(F)cc3)C2)n1C. The van der Waals surface area contributed by atoms with Crippen LogP contribution in [0.2, 0.25) is 0 Å². The summed E-state index contributed by atoms with van der Waals surface area (Å²) in [5, 5.41) is 17.4. The van der Waals surface area contributed by atoms with Gasteiger partial charge in [0.25, 0.3) is 0 Å². The van der Waals surface area contributed by atoms with Crippen molar-refractivity contribution in [3.8, 4) is 0 Å². The summed E-state index contributed by atoms with van der Waals surface area (Å²) in [6, 6.07) is 7.09. The summed E-state index contributed by atoms with van der Waals surface area (Å²) in [5.41, 5.74) is 2.13. The average molecular weight is 428 g/mol. The molecule has 0 amide bonds. The number of hydrogen-bond donors (Lipinski definition) is 1. The number of halogens is 1. The fourth-order valence-electron chi connectivity index (χ4n) is 4.58. The number of aromatic nitrogens is 3. The van der Waals surface area contributed by atoms with E-state index < -0.39 is 0 Å². The topological polar surface area (TPSA) is 57.8 Å². The highest BCUT2D eigenvalue weighted by atomic mass is 32.2. The summed E-state index contributed by atoms with van der Waals surface area (Å²) >= 11 is 1.71. The highest BCUT2D eigenvalue weighted by Gasteiger charge is 2.57. The zero-order valence-corrected chi connectivity index (χ0v) is 18.6. The molecule has 1 saturated heterocycles. The molecule has 1 N–H and O–H groups in total. The smallest absolute Gasteiger partial charge is 0.191 e. The Bertz CT molecular complexity index is 922. The van der Waals surface area contributed by atoms with Crippen molar-refractivity contribution in [3.05, 3.63) is 53.6 Å². The van der Waals surface area contributed by atoms with Gasteiger partial charge in [-0.3, -0.25) is 5.41 Å². The zero-order valence-electron chi connectivity index (χ0n) is 17.8. The van der Waals surface area contributed by atoms with Gasteiger partial charge in [-0.25, -0.2) is 4.39 Å². The summed E-state index contributed by atoms with van der Waals surface area (Å²) in [4.78, 5) is 2.58. The minimum Gasteiger partial charge on any atom is -0.304 e. The molecule has 7 heteroatoms. The van der Waals surface area contributed by atoms with Crippen molar-refractivity contribution in [2.45, 2.75) is 43.7 Å². The van der Waals surface area contributed by atoms with E-state index >= 15 is 0 Å². The van der Waals surface area contributed by atoms with Crippen molar-refractivity contribution >= 4 is 17.5 Å². The summed E-state index contributed by atoms with van der Waals surface area (Å²) in [7, 11) is 1.93. The van der Waals surface area contributed by atoms with Gasteiger partial charge in [0, 0.05) is 19.3 Å². The molecule has 0 bridgehead atoms. The average Bonchev–Trinajstić information content (AvgIpc) is 3.08. The minimum absolute atomic E-state index is 0.150. The Morgan fingerprint density at radius 1 is 1.33 bits per heavy atom. The van der Waals surface area contributed by atoms with Crippen LogP contribution in [0.3, 0.4) is 0 Å². The maximum absolute atomic E-state index is 13.2. The molecule has 2 aromatic rings. The van der Waals surface area contributed by atoms with Crippen molar-refractivity contribution in [1.29, 1.82) is 5.41 Å². The third kappa shape index (κ3) is 4.52. The van der Waals surface area contributed by atoms with Crippen LogP contribution in [0.1, 0.15) is 49.9 Å². The van der Waals surface area contributed by atoms with Gasteiger partial charge in [0.2, 0.25) is 0 Å². The lowest BCUT2D eigenvalue weighted by Gasteiger charge is -2.16. The van der Waals surface area contributed by atoms with Crippen LogP contribution >= 0.6 is 11.8 Å². The van der Waals surface area contributed by atoms with E-state index in [1.165, 1.54) is 18.4 Å². The van der Waals surface area contributed by atoms with Crippen LogP contribution in [-0.2, 0) is 7.05 Å². The van der Waals surface area contributed by atoms with Gasteiger partial charge in [-0.1, -0.05) is 36.9 Å². The van der Waals surface area contributed by atoms with E-state index in [0.29, 0.717) is 22.9 Å². The third-order valence-corrected chi connectivity index (χ3v) is 7.48. The van der Waals surface area contributed by atoms with Crippen molar-refractivity contribution in [1.82, 2.24) is 19.7 Å². The van der Waals surface area contributed by atoms with Crippen LogP contribution in [0.25, 0.3) is 0 Å². The molecule has 2 unspecified atom stereocenters. The van der Waals surface area contributed by atoms with Crippen LogP contribution in [-0.4, -0.2) is 50.8 Å². The summed E-state index contributed by atoms with van der Waals surface area (Å²) in [6.45, 7) is 5.48. The van der Waals surface area contributed by atoms with E-state index in [0.717, 1.165) is 43.4 Å². The van der Waals surface area contributed by atoms with Gasteiger partial charge >= 0.3 is 0 Å². The maximum atomic E-state index is 13.2. The standard InChI is InChI=1S/C23H30FN5S/c1-3-4-6-20(25)21-26-27-22(28(21)2)30-14-5-12-29-13-11-23(16-29)15-19(23)17-7-9-18(24)10-8-17/h4,6-10,19,25H,3,5,11-16H2,1-2H3/b6-4-,25-20?. The first-order chi connectivity index (χ1) is 14.5. The first-order valence-electron chi connectivity index (χ1n) is 10.8. The van der Waals surface area contributed by atoms with E-state index in [-0.39, 0.29) is 5.82 Å². The van der Waals surface area contributed by atoms with Gasteiger partial charge in [-0.2, -0.15) is 0 Å². The minimum atomic E-state index is -0.150. The molecule has 5 nitrogen and oxygen atoms in total. The van der Waals surface area contributed by atoms with E-state index in [1.54, 1.807) is 30.0 Å². The van der Waals surface area contributed by atoms with Gasteiger partial charge in [-0.15, -0.1) is 10.2 Å². The Morgan fingerprint density at radius 2 is 2.13 bits per heavy atom. The molecule has 30 heavy (non-hydrogen) atoms. The van der Waals surface area contributed by atoms with Crippen molar-refractivity contribution in [2.24, 2.45) is 12.5 Å². The molecule has 0 radical (unpaired) electrons. The number of hydrogen-bond acceptors (Lipinski definition) is 5. The Balaban J connectivity index is 1.21. The number of nitrogens with one attached hydrogen (secondary N) is 1. The van der Waals surface area contributed by atoms with Gasteiger partial charge in [0.15, 0.2) is 11.0 Å². The lowest BCUT2D eigenvalue weighted by atomic mass is 9.98. The number of likely N-dealkylation sites (tertiary alicyclic amines) is 1. The molecule has 1 aromatic carbocycles. The number of allylic oxidation sites excluding steroid dienone is 2. The summed E-state index contributed by atoms with van der Waals surface area (Å²) in [5.74, 6) is 2.06. The van der Waals surface area contributed by atoms with Crippen molar-refractivity contribution in [3.63, 3.8) is 0 Å². The number of benzene rings is 1. The Morgan fingerprint density at radius 3 is 2.90 bits per heavy atom. The molecule has 1 spiro atoms. The molecule has 1 aliphatic carbocycles. The van der Waals surface area contributed by atoms with Crippen molar-refractivity contribution in [2.75, 3.05) is 25.4 Å². The molecule has 160 valence electrons. The van der Waals surface area contributed by atoms with E-state index in [4.69, 9.17) is 5.41 Å². The monoisotopic (exact) mass is 427 g/mol. The molecule has 4 rings (SSSR count). The number of nitrogens with zero attached hydrogens (tertiary/aromatic N) is 4. The van der Waals surface area contributed by atoms with E-state index in [2.05, 4.69) is 22.0 Å². The highest BCUT2D eigenvalue weighted by molar-refractivity contribution is 7.99. The van der Waals surface area contributed by atoms with Crippen molar-refractivity contribution < 1.29 is 4.39 Å². The molecule has 1 aromatic heterocycles. The molecule has 1 saturated carbocycles. The maximum Gasteiger partial charge on any atom is 0.191 e. The first kappa shape index (κ1) is 21.2. The number of thioether (sulfide) groups is 1. The lowest BCUT2D eigenvalue weighted by molar-refractivity contribution is 0.319. The molecule has 1 aliphatic heterocycles. The third-order valence-electron chi connectivity index (χ3n) is 6.37. The first-order valence-corrected chi connectivity index (χ1v) is 11.8. The quantitative estimate of drug-likeness (QED) is 0.360. The molecule has 2 atom stereocenters. The van der Waals surface area contributed by atoms with E-state index in [9.17, 15) is 4.39 Å². The normalized spacial score (nSPS) is 23.6. The highest BCUT2D eigenvalue weighted by Crippen LogP contribution is 2.64. The van der Waals surface area contributed by atoms with Gasteiger partial charge < -0.3 is 9.47 Å². The second-order valence-electron chi connectivity index (χ2n) is 8.49. The van der Waals surface area contributed by atoms with Gasteiger partial charge in [0.05, 0.1) is 5.71 Å². The molecular formula is C23H30FN5S. The van der Waals surface area contributed by atoms with Crippen LogP contribution in [0.4, 0.5) is 4.39 Å². The Kier molecular flexibility index (Phi) is 6.39. The molecular weight excluding hydrogens is 397 g/mol. The fourth-order valence-corrected chi connectivity index (χ4v) is 5.41.